The second kappa shape index (κ2) is 5.44. The molecule has 0 atom stereocenters. The molecule has 0 fully saturated rings. The number of aryl methyl sites for hydroxylation is 1. The second-order valence-electron chi connectivity index (χ2n) is 4.71. The van der Waals surface area contributed by atoms with Crippen molar-refractivity contribution in [2.75, 3.05) is 18.1 Å². The number of rotatable bonds is 1. The van der Waals surface area contributed by atoms with Gasteiger partial charge in [0, 0.05) is 3.57 Å². The maximum Gasteiger partial charge on any atom is 0.259 e. The van der Waals surface area contributed by atoms with Crippen molar-refractivity contribution in [2.45, 2.75) is 6.92 Å². The largest absolute Gasteiger partial charge is 0.490 e. The third kappa shape index (κ3) is 2.28. The lowest BCUT2D eigenvalue weighted by Gasteiger charge is -2.29. The molecule has 0 radical (unpaired) electrons. The Kier molecular flexibility index (Phi) is 3.65. The van der Waals surface area contributed by atoms with Crippen LogP contribution in [0.5, 0.6) is 5.75 Å². The minimum atomic E-state index is 0.0360. The van der Waals surface area contributed by atoms with E-state index in [0.29, 0.717) is 13.2 Å². The number of benzene rings is 2. The van der Waals surface area contributed by atoms with Gasteiger partial charge >= 0.3 is 0 Å². The highest BCUT2D eigenvalue weighted by atomic mass is 127. The number of carbonyl (C=O) groups is 1. The molecule has 0 aliphatic carbocycles. The summed E-state index contributed by atoms with van der Waals surface area (Å²) in [7, 11) is 0. The molecule has 0 N–H and O–H groups in total. The lowest BCUT2D eigenvalue weighted by molar-refractivity contribution is 0.0975. The van der Waals surface area contributed by atoms with Gasteiger partial charge in [0.1, 0.15) is 12.4 Å². The first-order chi connectivity index (χ1) is 9.68. The molecule has 0 spiro atoms. The molecule has 1 amide bonds. The van der Waals surface area contributed by atoms with E-state index in [-0.39, 0.29) is 5.91 Å². The van der Waals surface area contributed by atoms with Crippen LogP contribution in [0.1, 0.15) is 15.9 Å². The van der Waals surface area contributed by atoms with Crippen molar-refractivity contribution in [3.8, 4) is 5.75 Å². The highest BCUT2D eigenvalue weighted by molar-refractivity contribution is 14.1. The Bertz CT molecular complexity index is 669. The molecule has 0 saturated heterocycles. The van der Waals surface area contributed by atoms with E-state index in [9.17, 15) is 4.79 Å². The fraction of sp³-hybridized carbons (Fsp3) is 0.188. The third-order valence-corrected chi connectivity index (χ3v) is 4.83. The lowest BCUT2D eigenvalue weighted by atomic mass is 10.1. The van der Waals surface area contributed by atoms with Crippen molar-refractivity contribution < 1.29 is 9.53 Å². The van der Waals surface area contributed by atoms with Gasteiger partial charge < -0.3 is 9.64 Å². The monoisotopic (exact) mass is 379 g/mol. The average molecular weight is 379 g/mol. The molecule has 4 heteroatoms. The van der Waals surface area contributed by atoms with Crippen molar-refractivity contribution >= 4 is 34.2 Å². The molecular weight excluding hydrogens is 365 g/mol. The van der Waals surface area contributed by atoms with Crippen molar-refractivity contribution in [3.05, 3.63) is 57.2 Å². The lowest BCUT2D eigenvalue weighted by Crippen LogP contribution is -2.38. The molecular formula is C16H14INO2. The zero-order chi connectivity index (χ0) is 14.1. The summed E-state index contributed by atoms with van der Waals surface area (Å²) in [6, 6.07) is 13.5. The molecule has 0 saturated carbocycles. The maximum absolute atomic E-state index is 12.8. The Balaban J connectivity index is 2.02. The van der Waals surface area contributed by atoms with Crippen molar-refractivity contribution in [3.63, 3.8) is 0 Å². The van der Waals surface area contributed by atoms with Crippen molar-refractivity contribution in [2.24, 2.45) is 0 Å². The van der Waals surface area contributed by atoms with Gasteiger partial charge in [0.15, 0.2) is 0 Å². The molecule has 20 heavy (non-hydrogen) atoms. The molecule has 3 rings (SSSR count). The van der Waals surface area contributed by atoms with Gasteiger partial charge in [-0.25, -0.2) is 0 Å². The number of halogens is 1. The van der Waals surface area contributed by atoms with Crippen LogP contribution >= 0.6 is 22.6 Å². The standard InChI is InChI=1S/C16H14INO2/c1-11-5-4-6-12(15(11)17)16(19)18-9-10-20-14-8-3-2-7-13(14)18/h2-8H,9-10H2,1H3. The Morgan fingerprint density at radius 2 is 2.00 bits per heavy atom. The fourth-order valence-electron chi connectivity index (χ4n) is 2.34. The van der Waals surface area contributed by atoms with Crippen LogP contribution in [0, 0.1) is 10.5 Å². The number of carbonyl (C=O) groups excluding carboxylic acids is 1. The summed E-state index contributed by atoms with van der Waals surface area (Å²) in [4.78, 5) is 14.6. The Morgan fingerprint density at radius 1 is 1.20 bits per heavy atom. The van der Waals surface area contributed by atoms with Gasteiger partial charge in [0.25, 0.3) is 5.91 Å². The highest BCUT2D eigenvalue weighted by Gasteiger charge is 2.25. The predicted molar refractivity (Wildman–Crippen MR) is 87.5 cm³/mol. The molecule has 1 aliphatic heterocycles. The quantitative estimate of drug-likeness (QED) is 0.709. The highest BCUT2D eigenvalue weighted by Crippen LogP contribution is 2.32. The average Bonchev–Trinajstić information content (AvgIpc) is 2.49. The van der Waals surface area contributed by atoms with E-state index >= 15 is 0 Å². The van der Waals surface area contributed by atoms with Gasteiger partial charge in [0.2, 0.25) is 0 Å². The third-order valence-electron chi connectivity index (χ3n) is 3.40. The van der Waals surface area contributed by atoms with E-state index in [1.54, 1.807) is 4.90 Å². The summed E-state index contributed by atoms with van der Waals surface area (Å²) in [6.45, 7) is 3.14. The number of nitrogens with zero attached hydrogens (tertiary/aromatic N) is 1. The first-order valence-electron chi connectivity index (χ1n) is 6.47. The predicted octanol–water partition coefficient (Wildman–Crippen LogP) is 3.64. The maximum atomic E-state index is 12.8. The number of amides is 1. The molecule has 102 valence electrons. The summed E-state index contributed by atoms with van der Waals surface area (Å²) in [5.41, 5.74) is 2.72. The van der Waals surface area contributed by atoms with Gasteiger partial charge in [-0.1, -0.05) is 24.3 Å². The molecule has 3 nitrogen and oxygen atoms in total. The normalized spacial score (nSPS) is 13.6. The van der Waals surface area contributed by atoms with Gasteiger partial charge in [-0.2, -0.15) is 0 Å². The van der Waals surface area contributed by atoms with E-state index in [4.69, 9.17) is 4.74 Å². The zero-order valence-corrected chi connectivity index (χ0v) is 13.3. The molecule has 0 unspecified atom stereocenters. The van der Waals surface area contributed by atoms with Crippen LogP contribution < -0.4 is 9.64 Å². The summed E-state index contributed by atoms with van der Waals surface area (Å²) < 4.78 is 6.61. The molecule has 0 bridgehead atoms. The Labute approximate surface area is 131 Å². The zero-order valence-electron chi connectivity index (χ0n) is 11.1. The van der Waals surface area contributed by atoms with E-state index in [2.05, 4.69) is 22.6 Å². The van der Waals surface area contributed by atoms with Gasteiger partial charge in [-0.3, -0.25) is 4.79 Å². The first-order valence-corrected chi connectivity index (χ1v) is 7.55. The molecule has 2 aromatic carbocycles. The SMILES string of the molecule is Cc1cccc(C(=O)N2CCOc3ccccc32)c1I. The summed E-state index contributed by atoms with van der Waals surface area (Å²) in [5.74, 6) is 0.809. The second-order valence-corrected chi connectivity index (χ2v) is 5.79. The van der Waals surface area contributed by atoms with Gasteiger partial charge in [0.05, 0.1) is 17.8 Å². The van der Waals surface area contributed by atoms with Crippen LogP contribution in [-0.2, 0) is 0 Å². The van der Waals surface area contributed by atoms with Crippen LogP contribution in [0.2, 0.25) is 0 Å². The van der Waals surface area contributed by atoms with Crippen LogP contribution in [0.25, 0.3) is 0 Å². The Morgan fingerprint density at radius 3 is 2.85 bits per heavy atom. The van der Waals surface area contributed by atoms with Crippen LogP contribution in [0.3, 0.4) is 0 Å². The smallest absolute Gasteiger partial charge is 0.259 e. The van der Waals surface area contributed by atoms with Gasteiger partial charge in [-0.15, -0.1) is 0 Å². The number of para-hydroxylation sites is 2. The number of ether oxygens (including phenoxy) is 1. The van der Waals surface area contributed by atoms with E-state index in [1.165, 1.54) is 0 Å². The summed E-state index contributed by atoms with van der Waals surface area (Å²) in [5, 5.41) is 0. The van der Waals surface area contributed by atoms with Gasteiger partial charge in [-0.05, 0) is 53.3 Å². The van der Waals surface area contributed by atoms with E-state index < -0.39 is 0 Å². The molecule has 1 heterocycles. The Hall–Kier alpha value is -1.56. The fourth-order valence-corrected chi connectivity index (χ4v) is 2.93. The van der Waals surface area contributed by atoms with E-state index in [1.807, 2.05) is 49.4 Å². The number of anilines is 1. The van der Waals surface area contributed by atoms with Crippen molar-refractivity contribution in [1.29, 1.82) is 0 Å². The van der Waals surface area contributed by atoms with E-state index in [0.717, 1.165) is 26.1 Å². The first kappa shape index (κ1) is 13.4. The summed E-state index contributed by atoms with van der Waals surface area (Å²) >= 11 is 2.24. The number of hydrogen-bond donors (Lipinski definition) is 0. The van der Waals surface area contributed by atoms with Crippen LogP contribution in [-0.4, -0.2) is 19.1 Å². The minimum absolute atomic E-state index is 0.0360. The molecule has 1 aliphatic rings. The number of hydrogen-bond acceptors (Lipinski definition) is 2. The van der Waals surface area contributed by atoms with Crippen LogP contribution in [0.4, 0.5) is 5.69 Å². The summed E-state index contributed by atoms with van der Waals surface area (Å²) in [6.07, 6.45) is 0. The van der Waals surface area contributed by atoms with Crippen molar-refractivity contribution in [1.82, 2.24) is 0 Å². The van der Waals surface area contributed by atoms with Crippen LogP contribution in [0.15, 0.2) is 42.5 Å². The minimum Gasteiger partial charge on any atom is -0.490 e. The molecule has 0 aromatic heterocycles. The topological polar surface area (TPSA) is 29.5 Å². The molecule has 2 aromatic rings. The number of fused-ring (bicyclic) bond motifs is 1.